The first kappa shape index (κ1) is 15.7. The highest BCUT2D eigenvalue weighted by molar-refractivity contribution is 9.10. The smallest absolute Gasteiger partial charge is 0.149 e. The van der Waals surface area contributed by atoms with Crippen LogP contribution in [-0.4, -0.2) is 30.6 Å². The number of hydrogen-bond acceptors (Lipinski definition) is 2. The van der Waals surface area contributed by atoms with Gasteiger partial charge in [0.05, 0.1) is 10.2 Å². The normalized spacial score (nSPS) is 21.8. The summed E-state index contributed by atoms with van der Waals surface area (Å²) in [5, 5.41) is 3.19. The van der Waals surface area contributed by atoms with E-state index in [1.54, 1.807) is 0 Å². The molecule has 1 N–H and O–H groups in total. The van der Waals surface area contributed by atoms with Gasteiger partial charge in [0.25, 0.3) is 0 Å². The van der Waals surface area contributed by atoms with E-state index in [1.807, 2.05) is 0 Å². The maximum Gasteiger partial charge on any atom is 0.149 e. The molecule has 5 heteroatoms. The maximum atomic E-state index is 13.8. The summed E-state index contributed by atoms with van der Waals surface area (Å²) in [6.07, 6.45) is 2.33. The first-order valence-electron chi connectivity index (χ1n) is 7.14. The van der Waals surface area contributed by atoms with E-state index in [4.69, 9.17) is 0 Å². The zero-order chi connectivity index (χ0) is 14.7. The summed E-state index contributed by atoms with van der Waals surface area (Å²) in [4.78, 5) is 2.42. The number of nitrogens with one attached hydrogen (secondary N) is 1. The van der Waals surface area contributed by atoms with Crippen molar-refractivity contribution < 1.29 is 8.78 Å². The largest absolute Gasteiger partial charge is 0.380 e. The average Bonchev–Trinajstić information content (AvgIpc) is 2.44. The van der Waals surface area contributed by atoms with E-state index >= 15 is 0 Å². The van der Waals surface area contributed by atoms with Gasteiger partial charge in [0.2, 0.25) is 0 Å². The fourth-order valence-corrected chi connectivity index (χ4v) is 3.13. The highest BCUT2D eigenvalue weighted by Gasteiger charge is 2.24. The lowest BCUT2D eigenvalue weighted by Gasteiger charge is -2.35. The van der Waals surface area contributed by atoms with Crippen molar-refractivity contribution in [3.8, 4) is 0 Å². The molecule has 1 aliphatic rings. The molecule has 0 spiro atoms. The van der Waals surface area contributed by atoms with Gasteiger partial charge in [-0.3, -0.25) is 0 Å². The molecule has 0 saturated carbocycles. The van der Waals surface area contributed by atoms with E-state index in [2.05, 4.69) is 40.0 Å². The van der Waals surface area contributed by atoms with Gasteiger partial charge in [-0.2, -0.15) is 0 Å². The summed E-state index contributed by atoms with van der Waals surface area (Å²) < 4.78 is 27.3. The van der Waals surface area contributed by atoms with E-state index in [0.717, 1.165) is 32.1 Å². The van der Waals surface area contributed by atoms with Crippen molar-refractivity contribution in [1.82, 2.24) is 4.90 Å². The molecule has 1 aliphatic heterocycles. The van der Waals surface area contributed by atoms with Crippen LogP contribution in [0.3, 0.4) is 0 Å². The molecular weight excluding hydrogens is 326 g/mol. The molecule has 2 rings (SSSR count). The van der Waals surface area contributed by atoms with Gasteiger partial charge < -0.3 is 10.2 Å². The summed E-state index contributed by atoms with van der Waals surface area (Å²) >= 11 is 3.10. The Bertz CT molecular complexity index is 467. The van der Waals surface area contributed by atoms with Gasteiger partial charge in [-0.25, -0.2) is 8.78 Å². The molecule has 2 nitrogen and oxygen atoms in total. The van der Waals surface area contributed by atoms with E-state index in [9.17, 15) is 8.78 Å². The number of halogens is 3. The van der Waals surface area contributed by atoms with Crippen LogP contribution in [-0.2, 0) is 0 Å². The summed E-state index contributed by atoms with van der Waals surface area (Å²) in [5.74, 6) is -0.622. The third-order valence-corrected chi connectivity index (χ3v) is 4.70. The predicted molar refractivity (Wildman–Crippen MR) is 82.0 cm³/mol. The molecule has 112 valence electrons. The van der Waals surface area contributed by atoms with Crippen molar-refractivity contribution in [3.05, 3.63) is 28.2 Å². The molecule has 0 bridgehead atoms. The minimum Gasteiger partial charge on any atom is -0.380 e. The lowest BCUT2D eigenvalue weighted by atomic mass is 9.91. The van der Waals surface area contributed by atoms with Crippen molar-refractivity contribution in [2.24, 2.45) is 5.92 Å². The second-order valence-corrected chi connectivity index (χ2v) is 6.33. The Morgan fingerprint density at radius 2 is 2.15 bits per heavy atom. The Morgan fingerprint density at radius 1 is 1.40 bits per heavy atom. The first-order chi connectivity index (χ1) is 9.51. The van der Waals surface area contributed by atoms with E-state index in [1.165, 1.54) is 12.5 Å². The molecule has 20 heavy (non-hydrogen) atoms. The molecule has 0 radical (unpaired) electrons. The number of rotatable bonds is 4. The lowest BCUT2D eigenvalue weighted by molar-refractivity contribution is 0.172. The topological polar surface area (TPSA) is 15.3 Å². The van der Waals surface area contributed by atoms with Gasteiger partial charge in [0.1, 0.15) is 11.6 Å². The fraction of sp³-hybridized carbons (Fsp3) is 0.600. The minimum absolute atomic E-state index is 0.163. The molecule has 1 heterocycles. The van der Waals surface area contributed by atoms with Crippen LogP contribution in [0.5, 0.6) is 0 Å². The highest BCUT2D eigenvalue weighted by Crippen LogP contribution is 2.27. The maximum absolute atomic E-state index is 13.8. The van der Waals surface area contributed by atoms with Gasteiger partial charge >= 0.3 is 0 Å². The Hall–Kier alpha value is -0.680. The van der Waals surface area contributed by atoms with Crippen LogP contribution in [0.25, 0.3) is 0 Å². The van der Waals surface area contributed by atoms with Gasteiger partial charge in [0.15, 0.2) is 0 Å². The molecule has 0 aromatic heterocycles. The Kier molecular flexibility index (Phi) is 5.38. The number of nitrogens with zero attached hydrogens (tertiary/aromatic N) is 1. The fourth-order valence-electron chi connectivity index (χ4n) is 2.78. The summed E-state index contributed by atoms with van der Waals surface area (Å²) in [6, 6.07) is 2.55. The van der Waals surface area contributed by atoms with E-state index in [0.29, 0.717) is 11.6 Å². The first-order valence-corrected chi connectivity index (χ1v) is 7.94. The molecule has 1 fully saturated rings. The summed E-state index contributed by atoms with van der Waals surface area (Å²) in [5.41, 5.74) is 0.361. The molecule has 2 atom stereocenters. The summed E-state index contributed by atoms with van der Waals surface area (Å²) in [6.45, 7) is 7.47. The van der Waals surface area contributed by atoms with Crippen LogP contribution in [0.4, 0.5) is 14.5 Å². The average molecular weight is 347 g/mol. The van der Waals surface area contributed by atoms with Crippen molar-refractivity contribution in [2.45, 2.75) is 32.7 Å². The van der Waals surface area contributed by atoms with Crippen LogP contribution in [0.1, 0.15) is 26.7 Å². The molecule has 1 aromatic rings. The zero-order valence-electron chi connectivity index (χ0n) is 11.9. The van der Waals surface area contributed by atoms with Crippen molar-refractivity contribution in [2.75, 3.05) is 25.0 Å². The standard InChI is InChI=1S/C15H21BrF2N2/c1-3-20-6-4-5-11(9-20)10(2)19-15-7-12(16)13(17)8-14(15)18/h7-8,10-11,19H,3-6,9H2,1-2H3. The quantitative estimate of drug-likeness (QED) is 0.819. The zero-order valence-corrected chi connectivity index (χ0v) is 13.5. The third-order valence-electron chi connectivity index (χ3n) is 4.09. The Labute approximate surface area is 127 Å². The molecule has 1 saturated heterocycles. The highest BCUT2D eigenvalue weighted by atomic mass is 79.9. The lowest BCUT2D eigenvalue weighted by Crippen LogP contribution is -2.41. The number of piperidine rings is 1. The predicted octanol–water partition coefficient (Wildman–Crippen LogP) is 4.26. The van der Waals surface area contributed by atoms with Crippen molar-refractivity contribution in [1.29, 1.82) is 0 Å². The van der Waals surface area contributed by atoms with Crippen LogP contribution in [0, 0.1) is 17.6 Å². The van der Waals surface area contributed by atoms with Gasteiger partial charge in [-0.15, -0.1) is 0 Å². The monoisotopic (exact) mass is 346 g/mol. The molecule has 1 aromatic carbocycles. The molecule has 0 amide bonds. The molecular formula is C15H21BrF2N2. The number of anilines is 1. The molecule has 0 aliphatic carbocycles. The minimum atomic E-state index is -0.574. The van der Waals surface area contributed by atoms with Crippen LogP contribution in [0.2, 0.25) is 0 Å². The number of hydrogen-bond donors (Lipinski definition) is 1. The Morgan fingerprint density at radius 3 is 2.85 bits per heavy atom. The van der Waals surface area contributed by atoms with Crippen molar-refractivity contribution >= 4 is 21.6 Å². The summed E-state index contributed by atoms with van der Waals surface area (Å²) in [7, 11) is 0. The van der Waals surface area contributed by atoms with Gasteiger partial charge in [0, 0.05) is 18.7 Å². The van der Waals surface area contributed by atoms with Crippen LogP contribution in [0.15, 0.2) is 16.6 Å². The Balaban J connectivity index is 2.04. The third kappa shape index (κ3) is 3.70. The van der Waals surface area contributed by atoms with Gasteiger partial charge in [-0.05, 0) is 60.8 Å². The number of likely N-dealkylation sites (tertiary alicyclic amines) is 1. The van der Waals surface area contributed by atoms with Crippen molar-refractivity contribution in [3.63, 3.8) is 0 Å². The van der Waals surface area contributed by atoms with E-state index in [-0.39, 0.29) is 10.5 Å². The van der Waals surface area contributed by atoms with Crippen LogP contribution >= 0.6 is 15.9 Å². The van der Waals surface area contributed by atoms with Crippen LogP contribution < -0.4 is 5.32 Å². The second kappa shape index (κ2) is 6.85. The van der Waals surface area contributed by atoms with E-state index < -0.39 is 11.6 Å². The number of benzene rings is 1. The second-order valence-electron chi connectivity index (χ2n) is 5.47. The van der Waals surface area contributed by atoms with Gasteiger partial charge in [-0.1, -0.05) is 6.92 Å². The SMILES string of the molecule is CCN1CCCC(C(C)Nc2cc(Br)c(F)cc2F)C1. The molecule has 2 unspecified atom stereocenters.